The summed E-state index contributed by atoms with van der Waals surface area (Å²) in [6, 6.07) is 6.28. The molecule has 1 atom stereocenters. The SMILES string of the molecule is Brc1cccc2c1OC1(CCNC1)C2. The van der Waals surface area contributed by atoms with Gasteiger partial charge in [0.25, 0.3) is 0 Å². The molecule has 1 aromatic carbocycles. The molecule has 1 unspecified atom stereocenters. The van der Waals surface area contributed by atoms with Gasteiger partial charge in [0.1, 0.15) is 11.4 Å². The van der Waals surface area contributed by atoms with Gasteiger partial charge < -0.3 is 10.1 Å². The minimum atomic E-state index is 0.0478. The number of hydrogen-bond acceptors (Lipinski definition) is 2. The summed E-state index contributed by atoms with van der Waals surface area (Å²) < 4.78 is 7.16. The Morgan fingerprint density at radius 2 is 2.36 bits per heavy atom. The number of hydrogen-bond donors (Lipinski definition) is 1. The normalized spacial score (nSPS) is 29.2. The molecule has 2 nitrogen and oxygen atoms in total. The molecule has 1 N–H and O–H groups in total. The maximum atomic E-state index is 6.08. The summed E-state index contributed by atoms with van der Waals surface area (Å²) in [5.41, 5.74) is 1.38. The van der Waals surface area contributed by atoms with Crippen LogP contribution in [0, 0.1) is 0 Å². The second-order valence-electron chi connectivity index (χ2n) is 4.12. The molecule has 3 rings (SSSR count). The molecule has 3 heteroatoms. The van der Waals surface area contributed by atoms with E-state index in [0.29, 0.717) is 0 Å². The lowest BCUT2D eigenvalue weighted by molar-refractivity contribution is 0.117. The van der Waals surface area contributed by atoms with Crippen molar-refractivity contribution >= 4 is 15.9 Å². The molecule has 0 saturated carbocycles. The highest BCUT2D eigenvalue weighted by atomic mass is 79.9. The van der Waals surface area contributed by atoms with Gasteiger partial charge in [-0.05, 0) is 34.1 Å². The molecule has 0 bridgehead atoms. The zero-order valence-electron chi connectivity index (χ0n) is 7.85. The quantitative estimate of drug-likeness (QED) is 0.765. The van der Waals surface area contributed by atoms with Gasteiger partial charge in [0.05, 0.1) is 4.47 Å². The molecule has 1 aromatic rings. The Balaban J connectivity index is 2.00. The van der Waals surface area contributed by atoms with E-state index < -0.39 is 0 Å². The van der Waals surface area contributed by atoms with Crippen LogP contribution in [-0.2, 0) is 6.42 Å². The Kier molecular flexibility index (Phi) is 1.86. The van der Waals surface area contributed by atoms with Crippen LogP contribution in [0.25, 0.3) is 0 Å². The molecule has 2 aliphatic heterocycles. The Hall–Kier alpha value is -0.540. The maximum Gasteiger partial charge on any atom is 0.137 e. The third kappa shape index (κ3) is 1.19. The summed E-state index contributed by atoms with van der Waals surface area (Å²) in [5.74, 6) is 1.05. The predicted molar refractivity (Wildman–Crippen MR) is 58.7 cm³/mol. The van der Waals surface area contributed by atoms with Crippen LogP contribution in [-0.4, -0.2) is 18.7 Å². The minimum Gasteiger partial charge on any atom is -0.484 e. The zero-order valence-corrected chi connectivity index (χ0v) is 9.43. The van der Waals surface area contributed by atoms with Crippen molar-refractivity contribution in [3.05, 3.63) is 28.2 Å². The summed E-state index contributed by atoms with van der Waals surface area (Å²) in [5, 5.41) is 3.37. The van der Waals surface area contributed by atoms with E-state index in [0.717, 1.165) is 36.2 Å². The first-order chi connectivity index (χ1) is 6.79. The number of rotatable bonds is 0. The molecule has 0 aliphatic carbocycles. The average Bonchev–Trinajstić information content (AvgIpc) is 2.75. The van der Waals surface area contributed by atoms with Crippen molar-refractivity contribution < 1.29 is 4.74 Å². The van der Waals surface area contributed by atoms with E-state index in [1.54, 1.807) is 0 Å². The fraction of sp³-hybridized carbons (Fsp3) is 0.455. The lowest BCUT2D eigenvalue weighted by Crippen LogP contribution is -2.36. The molecule has 1 fully saturated rings. The first-order valence-electron chi connectivity index (χ1n) is 4.96. The number of ether oxygens (including phenoxy) is 1. The number of halogens is 1. The van der Waals surface area contributed by atoms with Gasteiger partial charge in [-0.1, -0.05) is 12.1 Å². The highest BCUT2D eigenvalue weighted by Crippen LogP contribution is 2.42. The van der Waals surface area contributed by atoms with Gasteiger partial charge in [0.2, 0.25) is 0 Å². The molecule has 0 amide bonds. The summed E-state index contributed by atoms with van der Waals surface area (Å²) in [7, 11) is 0. The second-order valence-corrected chi connectivity index (χ2v) is 4.97. The van der Waals surface area contributed by atoms with Crippen molar-refractivity contribution in [2.24, 2.45) is 0 Å². The van der Waals surface area contributed by atoms with Crippen LogP contribution in [0.15, 0.2) is 22.7 Å². The Morgan fingerprint density at radius 1 is 1.43 bits per heavy atom. The van der Waals surface area contributed by atoms with Crippen LogP contribution < -0.4 is 10.1 Å². The lowest BCUT2D eigenvalue weighted by atomic mass is 9.96. The van der Waals surface area contributed by atoms with Gasteiger partial charge in [-0.2, -0.15) is 0 Å². The van der Waals surface area contributed by atoms with E-state index in [4.69, 9.17) is 4.74 Å². The van der Waals surface area contributed by atoms with Crippen LogP contribution >= 0.6 is 15.9 Å². The summed E-state index contributed by atoms with van der Waals surface area (Å²) in [6.45, 7) is 2.06. The number of nitrogens with one attached hydrogen (secondary N) is 1. The van der Waals surface area contributed by atoms with E-state index in [1.807, 2.05) is 6.07 Å². The van der Waals surface area contributed by atoms with Crippen molar-refractivity contribution in [3.63, 3.8) is 0 Å². The molecule has 2 heterocycles. The van der Waals surface area contributed by atoms with E-state index in [-0.39, 0.29) is 5.60 Å². The number of fused-ring (bicyclic) bond motifs is 1. The average molecular weight is 254 g/mol. The molecule has 14 heavy (non-hydrogen) atoms. The van der Waals surface area contributed by atoms with E-state index >= 15 is 0 Å². The summed E-state index contributed by atoms with van der Waals surface area (Å²) >= 11 is 3.53. The summed E-state index contributed by atoms with van der Waals surface area (Å²) in [4.78, 5) is 0. The largest absolute Gasteiger partial charge is 0.484 e. The van der Waals surface area contributed by atoms with Crippen molar-refractivity contribution in [1.29, 1.82) is 0 Å². The predicted octanol–water partition coefficient (Wildman–Crippen LogP) is 2.12. The highest BCUT2D eigenvalue weighted by molar-refractivity contribution is 9.10. The molecular formula is C11H12BrNO. The number of para-hydroxylation sites is 1. The fourth-order valence-electron chi connectivity index (χ4n) is 2.37. The smallest absolute Gasteiger partial charge is 0.137 e. The van der Waals surface area contributed by atoms with Gasteiger partial charge in [-0.15, -0.1) is 0 Å². The molecule has 1 saturated heterocycles. The lowest BCUT2D eigenvalue weighted by Gasteiger charge is -2.21. The molecule has 1 spiro atoms. The second kappa shape index (κ2) is 2.97. The van der Waals surface area contributed by atoms with Crippen LogP contribution in [0.3, 0.4) is 0 Å². The van der Waals surface area contributed by atoms with Gasteiger partial charge in [0, 0.05) is 19.4 Å². The molecule has 2 aliphatic rings. The van der Waals surface area contributed by atoms with E-state index in [2.05, 4.69) is 33.4 Å². The van der Waals surface area contributed by atoms with Crippen molar-refractivity contribution in [1.82, 2.24) is 5.32 Å². The molecular weight excluding hydrogens is 242 g/mol. The van der Waals surface area contributed by atoms with Crippen molar-refractivity contribution in [2.45, 2.75) is 18.4 Å². The fourth-order valence-corrected chi connectivity index (χ4v) is 2.85. The van der Waals surface area contributed by atoms with Crippen LogP contribution in [0.1, 0.15) is 12.0 Å². The Bertz CT molecular complexity index is 372. The van der Waals surface area contributed by atoms with Gasteiger partial charge in [-0.25, -0.2) is 0 Å². The standard InChI is InChI=1S/C11H12BrNO/c12-9-3-1-2-8-6-11(14-10(8)9)4-5-13-7-11/h1-3,13H,4-7H2. The number of benzene rings is 1. The van der Waals surface area contributed by atoms with Gasteiger partial charge in [0.15, 0.2) is 0 Å². The molecule has 0 aromatic heterocycles. The Labute approximate surface area is 91.8 Å². The van der Waals surface area contributed by atoms with E-state index in [1.165, 1.54) is 5.56 Å². The Morgan fingerprint density at radius 3 is 3.07 bits per heavy atom. The first kappa shape index (κ1) is 8.74. The topological polar surface area (TPSA) is 21.3 Å². The zero-order chi connectivity index (χ0) is 9.60. The molecule has 0 radical (unpaired) electrons. The summed E-state index contributed by atoms with van der Waals surface area (Å²) in [6.07, 6.45) is 2.17. The van der Waals surface area contributed by atoms with Crippen LogP contribution in [0.2, 0.25) is 0 Å². The minimum absolute atomic E-state index is 0.0478. The third-order valence-electron chi connectivity index (χ3n) is 3.08. The van der Waals surface area contributed by atoms with Crippen molar-refractivity contribution in [3.8, 4) is 5.75 Å². The molecule has 74 valence electrons. The monoisotopic (exact) mass is 253 g/mol. The van der Waals surface area contributed by atoms with Crippen molar-refractivity contribution in [2.75, 3.05) is 13.1 Å². The highest BCUT2D eigenvalue weighted by Gasteiger charge is 2.42. The van der Waals surface area contributed by atoms with Gasteiger partial charge in [-0.3, -0.25) is 0 Å². The van der Waals surface area contributed by atoms with Gasteiger partial charge >= 0.3 is 0 Å². The van der Waals surface area contributed by atoms with Crippen LogP contribution in [0.5, 0.6) is 5.75 Å². The maximum absolute atomic E-state index is 6.08. The first-order valence-corrected chi connectivity index (χ1v) is 5.76. The van der Waals surface area contributed by atoms with E-state index in [9.17, 15) is 0 Å². The third-order valence-corrected chi connectivity index (χ3v) is 3.71. The van der Waals surface area contributed by atoms with Crippen LogP contribution in [0.4, 0.5) is 0 Å².